The van der Waals surface area contributed by atoms with Crippen LogP contribution in [0.25, 0.3) is 0 Å². The van der Waals surface area contributed by atoms with E-state index in [0.717, 1.165) is 37.6 Å². The third kappa shape index (κ3) is 5.33. The number of carbonyl (C=O) groups excluding carboxylic acids is 1. The van der Waals surface area contributed by atoms with Crippen LogP contribution >= 0.6 is 11.3 Å². The minimum absolute atomic E-state index is 0.269. The fourth-order valence-electron chi connectivity index (χ4n) is 2.94. The molecular formula is C20H26N4OS. The molecular weight excluding hydrogens is 344 g/mol. The zero-order valence-electron chi connectivity index (χ0n) is 15.2. The first-order chi connectivity index (χ1) is 12.7. The lowest BCUT2D eigenvalue weighted by Gasteiger charge is -2.15. The molecule has 0 spiro atoms. The molecule has 6 heteroatoms. The summed E-state index contributed by atoms with van der Waals surface area (Å²) in [5.41, 5.74) is 2.34. The van der Waals surface area contributed by atoms with E-state index in [1.54, 1.807) is 11.3 Å². The van der Waals surface area contributed by atoms with E-state index in [9.17, 15) is 4.79 Å². The molecule has 0 unspecified atom stereocenters. The topological polar surface area (TPSA) is 56.7 Å². The average molecular weight is 371 g/mol. The van der Waals surface area contributed by atoms with Crippen LogP contribution in [-0.2, 0) is 24.4 Å². The first-order valence-corrected chi connectivity index (χ1v) is 10.0. The number of likely N-dealkylation sites (tertiary alicyclic amines) is 1. The Labute approximate surface area is 159 Å². The number of nitrogens with zero attached hydrogens (tertiary/aromatic N) is 2. The molecule has 26 heavy (non-hydrogen) atoms. The highest BCUT2D eigenvalue weighted by Gasteiger charge is 2.19. The molecule has 0 aliphatic carbocycles. The molecule has 1 aromatic carbocycles. The first-order valence-electron chi connectivity index (χ1n) is 9.14. The van der Waals surface area contributed by atoms with Crippen molar-refractivity contribution in [3.63, 3.8) is 0 Å². The molecule has 1 saturated heterocycles. The molecule has 0 atom stereocenters. The van der Waals surface area contributed by atoms with Gasteiger partial charge in [-0.1, -0.05) is 30.3 Å². The van der Waals surface area contributed by atoms with Crippen molar-refractivity contribution in [2.75, 3.05) is 13.1 Å². The van der Waals surface area contributed by atoms with Crippen molar-refractivity contribution in [3.8, 4) is 0 Å². The van der Waals surface area contributed by atoms with Gasteiger partial charge in [-0.3, -0.25) is 4.79 Å². The summed E-state index contributed by atoms with van der Waals surface area (Å²) in [7, 11) is 0. The van der Waals surface area contributed by atoms with Crippen molar-refractivity contribution >= 4 is 23.2 Å². The van der Waals surface area contributed by atoms with Gasteiger partial charge in [-0.05, 0) is 35.9 Å². The molecule has 1 aromatic heterocycles. The maximum absolute atomic E-state index is 11.7. The fraction of sp³-hybridized carbons (Fsp3) is 0.400. The third-order valence-corrected chi connectivity index (χ3v) is 5.22. The van der Waals surface area contributed by atoms with Crippen molar-refractivity contribution in [2.24, 2.45) is 4.99 Å². The largest absolute Gasteiger partial charge is 0.357 e. The molecule has 2 aromatic rings. The Morgan fingerprint density at radius 3 is 2.65 bits per heavy atom. The summed E-state index contributed by atoms with van der Waals surface area (Å²) in [5.74, 6) is 1.10. The monoisotopic (exact) mass is 370 g/mol. The van der Waals surface area contributed by atoms with E-state index in [4.69, 9.17) is 0 Å². The summed E-state index contributed by atoms with van der Waals surface area (Å²) in [5, 5.41) is 8.72. The standard InChI is InChI=1S/C20H26N4OS/c1-2-21-20(23-14-18-5-4-12-26-18)22-13-16-7-9-17(10-8-16)15-24-11-3-6-19(24)25/h4-5,7-10,12H,2-3,6,11,13-15H2,1H3,(H2,21,22,23). The van der Waals surface area contributed by atoms with Crippen molar-refractivity contribution < 1.29 is 4.79 Å². The quantitative estimate of drug-likeness (QED) is 0.582. The van der Waals surface area contributed by atoms with Gasteiger partial charge in [0.2, 0.25) is 5.91 Å². The van der Waals surface area contributed by atoms with Gasteiger partial charge in [0.05, 0.1) is 13.1 Å². The Kier molecular flexibility index (Phi) is 6.66. The van der Waals surface area contributed by atoms with Crippen molar-refractivity contribution in [3.05, 3.63) is 57.8 Å². The Bertz CT molecular complexity index is 725. The van der Waals surface area contributed by atoms with Crippen LogP contribution in [0, 0.1) is 0 Å². The highest BCUT2D eigenvalue weighted by molar-refractivity contribution is 7.09. The number of hydrogen-bond acceptors (Lipinski definition) is 3. The van der Waals surface area contributed by atoms with Crippen LogP contribution in [0.15, 0.2) is 46.8 Å². The van der Waals surface area contributed by atoms with Crippen LogP contribution in [0.2, 0.25) is 0 Å². The summed E-state index contributed by atoms with van der Waals surface area (Å²) in [6, 6.07) is 12.6. The molecule has 5 nitrogen and oxygen atoms in total. The Morgan fingerprint density at radius 2 is 2.00 bits per heavy atom. The number of hydrogen-bond donors (Lipinski definition) is 2. The summed E-state index contributed by atoms with van der Waals surface area (Å²) in [6.45, 7) is 5.91. The van der Waals surface area contributed by atoms with E-state index >= 15 is 0 Å². The minimum Gasteiger partial charge on any atom is -0.357 e. The number of rotatable bonds is 7. The van der Waals surface area contributed by atoms with Crippen LogP contribution in [0.1, 0.15) is 35.8 Å². The van der Waals surface area contributed by atoms with Gasteiger partial charge in [0.15, 0.2) is 5.96 Å². The molecule has 138 valence electrons. The molecule has 1 aliphatic heterocycles. The molecule has 0 bridgehead atoms. The summed E-state index contributed by atoms with van der Waals surface area (Å²) in [4.78, 5) is 19.6. The lowest BCUT2D eigenvalue weighted by atomic mass is 10.1. The predicted octanol–water partition coefficient (Wildman–Crippen LogP) is 3.13. The van der Waals surface area contributed by atoms with E-state index in [2.05, 4.69) is 64.3 Å². The Balaban J connectivity index is 1.54. The average Bonchev–Trinajstić information content (AvgIpc) is 3.31. The SMILES string of the molecule is CCNC(=NCc1ccc(CN2CCCC2=O)cc1)NCc1cccs1. The van der Waals surface area contributed by atoms with E-state index in [1.165, 1.54) is 10.4 Å². The van der Waals surface area contributed by atoms with E-state index in [0.29, 0.717) is 19.5 Å². The number of amides is 1. The fourth-order valence-corrected chi connectivity index (χ4v) is 3.58. The van der Waals surface area contributed by atoms with Gasteiger partial charge in [0.1, 0.15) is 0 Å². The van der Waals surface area contributed by atoms with Crippen molar-refractivity contribution in [2.45, 2.75) is 39.4 Å². The molecule has 1 amide bonds. The molecule has 0 saturated carbocycles. The minimum atomic E-state index is 0.269. The predicted molar refractivity (Wildman–Crippen MR) is 107 cm³/mol. The second-order valence-corrected chi connectivity index (χ2v) is 7.40. The van der Waals surface area contributed by atoms with Gasteiger partial charge in [-0.25, -0.2) is 4.99 Å². The lowest BCUT2D eigenvalue weighted by Crippen LogP contribution is -2.36. The summed E-state index contributed by atoms with van der Waals surface area (Å²) >= 11 is 1.74. The van der Waals surface area contributed by atoms with Gasteiger partial charge < -0.3 is 15.5 Å². The van der Waals surface area contributed by atoms with E-state index < -0.39 is 0 Å². The van der Waals surface area contributed by atoms with Crippen LogP contribution in [0.3, 0.4) is 0 Å². The van der Waals surface area contributed by atoms with Gasteiger partial charge in [-0.2, -0.15) is 0 Å². The molecule has 1 aliphatic rings. The van der Waals surface area contributed by atoms with Crippen molar-refractivity contribution in [1.82, 2.24) is 15.5 Å². The van der Waals surface area contributed by atoms with E-state index in [1.807, 2.05) is 4.90 Å². The zero-order chi connectivity index (χ0) is 18.2. The zero-order valence-corrected chi connectivity index (χ0v) is 16.0. The lowest BCUT2D eigenvalue weighted by molar-refractivity contribution is -0.128. The number of benzene rings is 1. The molecule has 2 heterocycles. The second kappa shape index (κ2) is 9.38. The van der Waals surface area contributed by atoms with Crippen molar-refractivity contribution in [1.29, 1.82) is 0 Å². The van der Waals surface area contributed by atoms with Gasteiger partial charge >= 0.3 is 0 Å². The number of guanidine groups is 1. The van der Waals surface area contributed by atoms with Crippen LogP contribution in [0.4, 0.5) is 0 Å². The Morgan fingerprint density at radius 1 is 1.19 bits per heavy atom. The smallest absolute Gasteiger partial charge is 0.222 e. The van der Waals surface area contributed by atoms with Crippen LogP contribution in [-0.4, -0.2) is 29.9 Å². The maximum Gasteiger partial charge on any atom is 0.222 e. The third-order valence-electron chi connectivity index (χ3n) is 4.34. The highest BCUT2D eigenvalue weighted by Crippen LogP contribution is 2.15. The number of carbonyl (C=O) groups is 1. The Hall–Kier alpha value is -2.34. The number of aliphatic imine (C=N–C) groups is 1. The molecule has 0 radical (unpaired) electrons. The van der Waals surface area contributed by atoms with Gasteiger partial charge in [0.25, 0.3) is 0 Å². The van der Waals surface area contributed by atoms with Gasteiger partial charge in [-0.15, -0.1) is 11.3 Å². The number of thiophene rings is 1. The highest BCUT2D eigenvalue weighted by atomic mass is 32.1. The van der Waals surface area contributed by atoms with E-state index in [-0.39, 0.29) is 5.91 Å². The summed E-state index contributed by atoms with van der Waals surface area (Å²) < 4.78 is 0. The summed E-state index contributed by atoms with van der Waals surface area (Å²) in [6.07, 6.45) is 1.68. The second-order valence-electron chi connectivity index (χ2n) is 6.36. The molecule has 2 N–H and O–H groups in total. The molecule has 1 fully saturated rings. The molecule has 3 rings (SSSR count). The van der Waals surface area contributed by atoms with Gasteiger partial charge in [0, 0.05) is 30.9 Å². The first kappa shape index (κ1) is 18.5. The maximum atomic E-state index is 11.7. The number of nitrogens with one attached hydrogen (secondary N) is 2. The normalized spacial score (nSPS) is 14.7. The van der Waals surface area contributed by atoms with Crippen LogP contribution < -0.4 is 10.6 Å². The van der Waals surface area contributed by atoms with Crippen LogP contribution in [0.5, 0.6) is 0 Å².